The molecular weight excluding hydrogens is 424 g/mol. The highest BCUT2D eigenvalue weighted by molar-refractivity contribution is 7.89. The third-order valence-corrected chi connectivity index (χ3v) is 9.34. The highest BCUT2D eigenvalue weighted by Crippen LogP contribution is 2.35. The zero-order valence-corrected chi connectivity index (χ0v) is 19.3. The van der Waals surface area contributed by atoms with E-state index in [1.54, 1.807) is 19.9 Å². The van der Waals surface area contributed by atoms with Crippen LogP contribution in [0.3, 0.4) is 0 Å². The van der Waals surface area contributed by atoms with E-state index in [1.165, 1.54) is 15.6 Å². The molecule has 1 amide bonds. The zero-order chi connectivity index (χ0) is 21.5. The molecular formula is C20H28N4O4S2. The van der Waals surface area contributed by atoms with Crippen molar-refractivity contribution in [3.05, 3.63) is 16.8 Å². The summed E-state index contributed by atoms with van der Waals surface area (Å²) in [6.45, 7) is 8.11. The van der Waals surface area contributed by atoms with E-state index in [1.807, 2.05) is 4.90 Å². The van der Waals surface area contributed by atoms with Gasteiger partial charge in [-0.15, -0.1) is 11.3 Å². The number of sulfonamides is 1. The van der Waals surface area contributed by atoms with Gasteiger partial charge in [0.25, 0.3) is 0 Å². The van der Waals surface area contributed by atoms with Crippen LogP contribution in [0.2, 0.25) is 0 Å². The van der Waals surface area contributed by atoms with Crippen LogP contribution >= 0.6 is 11.3 Å². The first-order chi connectivity index (χ1) is 14.3. The topological polar surface area (TPSA) is 96.6 Å². The number of piperidine rings is 2. The molecule has 10 heteroatoms. The Morgan fingerprint density at radius 2 is 1.80 bits per heavy atom. The molecule has 2 saturated heterocycles. The fourth-order valence-corrected chi connectivity index (χ4v) is 7.16. The lowest BCUT2D eigenvalue weighted by Gasteiger charge is -2.36. The molecule has 0 N–H and O–H groups in total. The van der Waals surface area contributed by atoms with Crippen LogP contribution in [0.5, 0.6) is 0 Å². The molecule has 2 fully saturated rings. The van der Waals surface area contributed by atoms with E-state index in [9.17, 15) is 13.2 Å². The average Bonchev–Trinajstić information content (AvgIpc) is 3.34. The molecule has 2 aliphatic rings. The van der Waals surface area contributed by atoms with E-state index in [0.29, 0.717) is 58.2 Å². The number of nitrogens with zero attached hydrogens (tertiary/aromatic N) is 4. The number of aryl methyl sites for hydroxylation is 2. The number of hydrogen-bond acceptors (Lipinski definition) is 7. The van der Waals surface area contributed by atoms with Gasteiger partial charge in [0.15, 0.2) is 0 Å². The number of amides is 1. The van der Waals surface area contributed by atoms with Crippen LogP contribution in [0.15, 0.2) is 15.5 Å². The lowest BCUT2D eigenvalue weighted by Crippen LogP contribution is -2.46. The van der Waals surface area contributed by atoms with Crippen molar-refractivity contribution in [3.63, 3.8) is 0 Å². The van der Waals surface area contributed by atoms with Gasteiger partial charge >= 0.3 is 0 Å². The third-order valence-electron chi connectivity index (χ3n) is 6.14. The minimum atomic E-state index is -3.62. The summed E-state index contributed by atoms with van der Waals surface area (Å²) < 4.78 is 33.0. The number of thiophene rings is 1. The van der Waals surface area contributed by atoms with Crippen LogP contribution in [0.1, 0.15) is 43.4 Å². The normalized spacial score (nSPS) is 20.0. The molecule has 0 atom stereocenters. The van der Waals surface area contributed by atoms with E-state index >= 15 is 0 Å². The zero-order valence-electron chi connectivity index (χ0n) is 17.6. The van der Waals surface area contributed by atoms with Crippen molar-refractivity contribution >= 4 is 27.3 Å². The van der Waals surface area contributed by atoms with Crippen molar-refractivity contribution in [3.8, 4) is 10.7 Å². The van der Waals surface area contributed by atoms with Gasteiger partial charge in [-0.25, -0.2) is 8.42 Å². The first-order valence-electron chi connectivity index (χ1n) is 10.5. The molecule has 0 aliphatic carbocycles. The van der Waals surface area contributed by atoms with Gasteiger partial charge in [0.05, 0.1) is 9.77 Å². The molecule has 0 saturated carbocycles. The van der Waals surface area contributed by atoms with E-state index < -0.39 is 10.0 Å². The van der Waals surface area contributed by atoms with Crippen molar-refractivity contribution in [2.45, 2.75) is 51.3 Å². The van der Waals surface area contributed by atoms with Crippen LogP contribution in [0.4, 0.5) is 0 Å². The van der Waals surface area contributed by atoms with Crippen molar-refractivity contribution in [2.75, 3.05) is 26.2 Å². The van der Waals surface area contributed by atoms with Crippen molar-refractivity contribution in [1.82, 2.24) is 19.3 Å². The largest absolute Gasteiger partial charge is 0.342 e. The Hall–Kier alpha value is -1.78. The van der Waals surface area contributed by atoms with Crippen LogP contribution in [-0.4, -0.2) is 59.8 Å². The summed E-state index contributed by atoms with van der Waals surface area (Å²) in [7, 11) is -3.62. The number of likely N-dealkylation sites (tertiary alicyclic amines) is 1. The number of hydrogen-bond donors (Lipinski definition) is 0. The Balaban J connectivity index is 1.43. The van der Waals surface area contributed by atoms with Gasteiger partial charge in [0, 0.05) is 43.9 Å². The Morgan fingerprint density at radius 1 is 1.13 bits per heavy atom. The summed E-state index contributed by atoms with van der Waals surface area (Å²) in [6.07, 6.45) is 3.26. The number of rotatable bonds is 4. The van der Waals surface area contributed by atoms with E-state index in [-0.39, 0.29) is 11.8 Å². The van der Waals surface area contributed by atoms with Crippen LogP contribution in [-0.2, 0) is 14.8 Å². The highest BCUT2D eigenvalue weighted by atomic mass is 32.2. The molecule has 8 nitrogen and oxygen atoms in total. The van der Waals surface area contributed by atoms with Crippen molar-refractivity contribution in [2.24, 2.45) is 11.8 Å². The molecule has 0 radical (unpaired) electrons. The highest BCUT2D eigenvalue weighted by Gasteiger charge is 2.35. The molecule has 4 rings (SSSR count). The Labute approximate surface area is 181 Å². The molecule has 4 heterocycles. The van der Waals surface area contributed by atoms with Crippen LogP contribution in [0, 0.1) is 25.7 Å². The Bertz CT molecular complexity index is 1010. The summed E-state index contributed by atoms with van der Waals surface area (Å²) in [5.41, 5.74) is 0. The second-order valence-corrected chi connectivity index (χ2v) is 11.5. The van der Waals surface area contributed by atoms with Gasteiger partial charge in [0.1, 0.15) is 0 Å². The maximum absolute atomic E-state index is 13.2. The smallest absolute Gasteiger partial charge is 0.244 e. The van der Waals surface area contributed by atoms with E-state index in [2.05, 4.69) is 17.1 Å². The van der Waals surface area contributed by atoms with Gasteiger partial charge in [-0.3, -0.25) is 4.79 Å². The quantitative estimate of drug-likeness (QED) is 0.707. The lowest BCUT2D eigenvalue weighted by molar-refractivity contribution is -0.138. The Morgan fingerprint density at radius 3 is 2.40 bits per heavy atom. The van der Waals surface area contributed by atoms with Gasteiger partial charge in [-0.2, -0.15) is 9.29 Å². The predicted molar refractivity (Wildman–Crippen MR) is 114 cm³/mol. The third kappa shape index (κ3) is 4.17. The second-order valence-electron chi connectivity index (χ2n) is 8.35. The number of aromatic nitrogens is 2. The van der Waals surface area contributed by atoms with Crippen molar-refractivity contribution in [1.29, 1.82) is 0 Å². The first kappa shape index (κ1) is 21.5. The van der Waals surface area contributed by atoms with Gasteiger partial charge in [-0.05, 0) is 44.6 Å². The van der Waals surface area contributed by atoms with Gasteiger partial charge in [0.2, 0.25) is 27.6 Å². The molecule has 0 bridgehead atoms. The molecule has 2 aromatic heterocycles. The number of carbonyl (C=O) groups excluding carboxylic acids is 1. The second kappa shape index (κ2) is 8.39. The Kier molecular flexibility index (Phi) is 6.00. The monoisotopic (exact) mass is 452 g/mol. The molecule has 164 valence electrons. The standard InChI is InChI=1S/C20H28N4O4S2/c1-13-4-8-23(9-5-13)20(25)16-6-10-24(11-7-16)30(26,27)18-12-17(29-14(18)2)19-21-15(3)28-22-19/h12-13,16H,4-11H2,1-3H3. The maximum Gasteiger partial charge on any atom is 0.244 e. The molecule has 0 spiro atoms. The predicted octanol–water partition coefficient (Wildman–Crippen LogP) is 3.07. The molecule has 0 unspecified atom stereocenters. The first-order valence-corrected chi connectivity index (χ1v) is 12.7. The maximum atomic E-state index is 13.2. The fourth-order valence-electron chi connectivity index (χ4n) is 4.20. The molecule has 2 aliphatic heterocycles. The van der Waals surface area contributed by atoms with Gasteiger partial charge in [-0.1, -0.05) is 12.1 Å². The molecule has 0 aromatic carbocycles. The van der Waals surface area contributed by atoms with E-state index in [0.717, 1.165) is 25.9 Å². The average molecular weight is 453 g/mol. The minimum absolute atomic E-state index is 0.0775. The summed E-state index contributed by atoms with van der Waals surface area (Å²) in [5, 5.41) is 3.89. The fraction of sp³-hybridized carbons (Fsp3) is 0.650. The number of carbonyl (C=O) groups is 1. The summed E-state index contributed by atoms with van der Waals surface area (Å²) >= 11 is 1.34. The van der Waals surface area contributed by atoms with Crippen LogP contribution in [0.25, 0.3) is 10.7 Å². The van der Waals surface area contributed by atoms with E-state index in [4.69, 9.17) is 4.52 Å². The SMILES string of the molecule is Cc1nc(-c2cc(S(=O)(=O)N3CCC(C(=O)N4CCC(C)CC4)CC3)c(C)s2)no1. The summed E-state index contributed by atoms with van der Waals surface area (Å²) in [6, 6.07) is 1.63. The minimum Gasteiger partial charge on any atom is -0.342 e. The molecule has 30 heavy (non-hydrogen) atoms. The summed E-state index contributed by atoms with van der Waals surface area (Å²) in [4.78, 5) is 20.7. The van der Waals surface area contributed by atoms with Crippen LogP contribution < -0.4 is 0 Å². The lowest BCUT2D eigenvalue weighted by atomic mass is 9.93. The van der Waals surface area contributed by atoms with Gasteiger partial charge < -0.3 is 9.42 Å². The van der Waals surface area contributed by atoms with Crippen molar-refractivity contribution < 1.29 is 17.7 Å². The molecule has 2 aromatic rings. The summed E-state index contributed by atoms with van der Waals surface area (Å²) in [5.74, 6) is 1.64.